The molecule has 1 aliphatic rings. The fourth-order valence-corrected chi connectivity index (χ4v) is 5.08. The fraction of sp³-hybridized carbons (Fsp3) is 0.385. The summed E-state index contributed by atoms with van der Waals surface area (Å²) in [7, 11) is 0. The second kappa shape index (κ2) is 8.10. The van der Waals surface area contributed by atoms with E-state index >= 15 is 0 Å². The van der Waals surface area contributed by atoms with E-state index in [4.69, 9.17) is 0 Å². The van der Waals surface area contributed by atoms with Crippen LogP contribution in [0.2, 0.25) is 0 Å². The van der Waals surface area contributed by atoms with Crippen molar-refractivity contribution in [3.8, 4) is 16.8 Å². The third-order valence-corrected chi connectivity index (χ3v) is 6.19. The summed E-state index contributed by atoms with van der Waals surface area (Å²) in [4.78, 5) is 17.3. The molecule has 4 nitrogen and oxygen atoms in total. The molecule has 0 saturated heterocycles. The number of nitrogens with one attached hydrogen (secondary N) is 1. The Hall–Kier alpha value is -2.88. The van der Waals surface area contributed by atoms with Crippen LogP contribution in [0, 0.1) is 18.3 Å². The maximum Gasteiger partial charge on any atom is 0.270 e. The van der Waals surface area contributed by atoms with Crippen LogP contribution in [0.4, 0.5) is 0 Å². The van der Waals surface area contributed by atoms with Gasteiger partial charge in [0, 0.05) is 11.7 Å². The fourth-order valence-electron chi connectivity index (χ4n) is 5.08. The number of aryl methyl sites for hydroxylation is 1. The van der Waals surface area contributed by atoms with Crippen LogP contribution in [0.15, 0.2) is 61.1 Å². The summed E-state index contributed by atoms with van der Waals surface area (Å²) in [5.74, 6) is 0.573. The van der Waals surface area contributed by atoms with E-state index in [0.717, 1.165) is 18.5 Å². The zero-order chi connectivity index (χ0) is 21.3. The number of hydrogen-bond acceptors (Lipinski definition) is 2. The predicted molar refractivity (Wildman–Crippen MR) is 122 cm³/mol. The topological polar surface area (TPSA) is 46.9 Å². The van der Waals surface area contributed by atoms with Crippen LogP contribution in [0.25, 0.3) is 16.8 Å². The molecule has 1 amide bonds. The van der Waals surface area contributed by atoms with E-state index in [2.05, 4.69) is 74.4 Å². The summed E-state index contributed by atoms with van der Waals surface area (Å²) in [5, 5.41) is 3.26. The minimum absolute atomic E-state index is 0.0506. The maximum atomic E-state index is 13.0. The summed E-state index contributed by atoms with van der Waals surface area (Å²) in [6.07, 6.45) is 6.63. The van der Waals surface area contributed by atoms with Crippen LogP contribution in [0.3, 0.4) is 0 Å². The van der Waals surface area contributed by atoms with E-state index < -0.39 is 0 Å². The molecule has 1 aromatic heterocycles. The molecule has 4 rings (SSSR count). The highest BCUT2D eigenvalue weighted by atomic mass is 16.2. The molecular weight excluding hydrogens is 370 g/mol. The van der Waals surface area contributed by atoms with Crippen molar-refractivity contribution in [3.05, 3.63) is 72.3 Å². The highest BCUT2D eigenvalue weighted by Crippen LogP contribution is 2.38. The lowest BCUT2D eigenvalue weighted by atomic mass is 9.70. The van der Waals surface area contributed by atoms with Gasteiger partial charge in [-0.05, 0) is 66.3 Å². The van der Waals surface area contributed by atoms with E-state index in [9.17, 15) is 4.79 Å². The first-order chi connectivity index (χ1) is 14.3. The third-order valence-electron chi connectivity index (χ3n) is 6.19. The zero-order valence-electron chi connectivity index (χ0n) is 18.4. The summed E-state index contributed by atoms with van der Waals surface area (Å²) in [5.41, 5.74) is 5.42. The lowest BCUT2D eigenvalue weighted by Crippen LogP contribution is -2.43. The minimum atomic E-state index is -0.0506. The Bertz CT molecular complexity index is 1030. The Morgan fingerprint density at radius 1 is 1.10 bits per heavy atom. The van der Waals surface area contributed by atoms with Gasteiger partial charge in [-0.1, -0.05) is 57.2 Å². The Kier molecular flexibility index (Phi) is 5.50. The molecule has 0 unspecified atom stereocenters. The van der Waals surface area contributed by atoms with Crippen molar-refractivity contribution in [3.63, 3.8) is 0 Å². The van der Waals surface area contributed by atoms with E-state index in [1.165, 1.54) is 23.1 Å². The molecule has 156 valence electrons. The van der Waals surface area contributed by atoms with Crippen molar-refractivity contribution in [2.45, 2.75) is 53.0 Å². The van der Waals surface area contributed by atoms with Gasteiger partial charge in [0.1, 0.15) is 5.69 Å². The summed E-state index contributed by atoms with van der Waals surface area (Å²) in [6, 6.07) is 16.9. The van der Waals surface area contributed by atoms with Crippen LogP contribution in [-0.4, -0.2) is 21.5 Å². The van der Waals surface area contributed by atoms with Crippen molar-refractivity contribution in [2.75, 3.05) is 0 Å². The van der Waals surface area contributed by atoms with Crippen LogP contribution in [0.1, 0.15) is 56.1 Å². The normalized spacial score (nSPS) is 20.7. The second-order valence-corrected chi connectivity index (χ2v) is 9.59. The quantitative estimate of drug-likeness (QED) is 0.601. The van der Waals surface area contributed by atoms with Gasteiger partial charge in [-0.25, -0.2) is 4.98 Å². The van der Waals surface area contributed by atoms with E-state index in [-0.39, 0.29) is 17.4 Å². The average molecular weight is 402 g/mol. The number of hydrogen-bond donors (Lipinski definition) is 1. The van der Waals surface area contributed by atoms with E-state index in [1.807, 2.05) is 16.7 Å². The van der Waals surface area contributed by atoms with Crippen molar-refractivity contribution < 1.29 is 4.79 Å². The standard InChI is InChI=1S/C26H31N3O/c1-18-13-21(15-26(3,4)14-18)28-25(30)24-16-27-17-29(24)22-11-9-20(10-12-22)23-8-6-5-7-19(23)2/h5-12,16-18,21H,13-15H2,1-4H3,(H,28,30)/t18-,21+/m0/s1. The van der Waals surface area contributed by atoms with Gasteiger partial charge in [0.15, 0.2) is 0 Å². The van der Waals surface area contributed by atoms with Gasteiger partial charge in [-0.15, -0.1) is 0 Å². The van der Waals surface area contributed by atoms with Gasteiger partial charge in [0.25, 0.3) is 5.91 Å². The molecule has 1 saturated carbocycles. The number of carbonyl (C=O) groups excluding carboxylic acids is 1. The number of amides is 1. The van der Waals surface area contributed by atoms with Gasteiger partial charge in [0.05, 0.1) is 12.5 Å². The Morgan fingerprint density at radius 2 is 1.83 bits per heavy atom. The minimum Gasteiger partial charge on any atom is -0.348 e. The number of aromatic nitrogens is 2. The molecule has 1 aliphatic carbocycles. The molecule has 3 aromatic rings. The summed E-state index contributed by atoms with van der Waals surface area (Å²) >= 11 is 0. The highest BCUT2D eigenvalue weighted by Gasteiger charge is 2.33. The Morgan fingerprint density at radius 3 is 2.53 bits per heavy atom. The first-order valence-corrected chi connectivity index (χ1v) is 10.8. The summed E-state index contributed by atoms with van der Waals surface area (Å²) < 4.78 is 1.87. The van der Waals surface area contributed by atoms with Crippen LogP contribution in [0.5, 0.6) is 0 Å². The second-order valence-electron chi connectivity index (χ2n) is 9.59. The molecule has 1 N–H and O–H groups in total. The monoisotopic (exact) mass is 401 g/mol. The molecule has 30 heavy (non-hydrogen) atoms. The van der Waals surface area contributed by atoms with Gasteiger partial charge in [-0.2, -0.15) is 0 Å². The molecule has 0 spiro atoms. The molecule has 2 atom stereocenters. The number of imidazole rings is 1. The number of carbonyl (C=O) groups is 1. The number of nitrogens with zero attached hydrogens (tertiary/aromatic N) is 2. The maximum absolute atomic E-state index is 13.0. The lowest BCUT2D eigenvalue weighted by molar-refractivity contribution is 0.0867. The molecule has 0 aliphatic heterocycles. The average Bonchev–Trinajstić information content (AvgIpc) is 3.17. The van der Waals surface area contributed by atoms with Gasteiger partial charge in [0.2, 0.25) is 0 Å². The zero-order valence-corrected chi connectivity index (χ0v) is 18.4. The van der Waals surface area contributed by atoms with Crippen LogP contribution in [-0.2, 0) is 0 Å². The SMILES string of the molecule is Cc1ccccc1-c1ccc(-n2cncc2C(=O)N[C@@H]2C[C@H](C)CC(C)(C)C2)cc1. The molecule has 1 heterocycles. The molecule has 2 aromatic carbocycles. The first kappa shape index (κ1) is 20.4. The van der Waals surface area contributed by atoms with Crippen molar-refractivity contribution in [1.82, 2.24) is 14.9 Å². The molecule has 0 bridgehead atoms. The van der Waals surface area contributed by atoms with Crippen molar-refractivity contribution in [2.24, 2.45) is 11.3 Å². The van der Waals surface area contributed by atoms with Gasteiger partial charge < -0.3 is 5.32 Å². The van der Waals surface area contributed by atoms with Gasteiger partial charge >= 0.3 is 0 Å². The molecule has 4 heteroatoms. The molecular formula is C26H31N3O. The number of rotatable bonds is 4. The van der Waals surface area contributed by atoms with Crippen molar-refractivity contribution >= 4 is 5.91 Å². The molecule has 0 radical (unpaired) electrons. The highest BCUT2D eigenvalue weighted by molar-refractivity contribution is 5.93. The Balaban J connectivity index is 1.53. The van der Waals surface area contributed by atoms with Crippen LogP contribution >= 0.6 is 0 Å². The molecule has 1 fully saturated rings. The first-order valence-electron chi connectivity index (χ1n) is 10.8. The lowest BCUT2D eigenvalue weighted by Gasteiger charge is -2.39. The van der Waals surface area contributed by atoms with Gasteiger partial charge in [-0.3, -0.25) is 9.36 Å². The van der Waals surface area contributed by atoms with E-state index in [1.54, 1.807) is 12.5 Å². The smallest absolute Gasteiger partial charge is 0.270 e. The number of benzene rings is 2. The predicted octanol–water partition coefficient (Wildman–Crippen LogP) is 5.79. The summed E-state index contributed by atoms with van der Waals surface area (Å²) in [6.45, 7) is 8.99. The van der Waals surface area contributed by atoms with Crippen molar-refractivity contribution in [1.29, 1.82) is 0 Å². The third kappa shape index (κ3) is 4.33. The van der Waals surface area contributed by atoms with E-state index in [0.29, 0.717) is 11.6 Å². The largest absolute Gasteiger partial charge is 0.348 e. The van der Waals surface area contributed by atoms with Crippen LogP contribution < -0.4 is 5.32 Å². The Labute approximate surface area is 179 Å².